The first-order chi connectivity index (χ1) is 10.9. The lowest BCUT2D eigenvalue weighted by molar-refractivity contribution is 0.342. The molecule has 0 bridgehead atoms. The summed E-state index contributed by atoms with van der Waals surface area (Å²) < 4.78 is 7.60. The van der Waals surface area contributed by atoms with E-state index in [1.165, 1.54) is 18.5 Å². The van der Waals surface area contributed by atoms with Crippen molar-refractivity contribution < 1.29 is 4.52 Å². The smallest absolute Gasteiger partial charge is 0.278 e. The number of hydrogen-bond acceptors (Lipinski definition) is 5. The molecule has 2 aliphatic rings. The van der Waals surface area contributed by atoms with Crippen molar-refractivity contribution in [1.29, 1.82) is 0 Å². The van der Waals surface area contributed by atoms with Crippen molar-refractivity contribution in [2.45, 2.75) is 76.3 Å². The first-order valence-electron chi connectivity index (χ1n) is 8.61. The van der Waals surface area contributed by atoms with Crippen molar-refractivity contribution in [3.05, 3.63) is 17.6 Å². The second-order valence-electron chi connectivity index (χ2n) is 8.10. The van der Waals surface area contributed by atoms with Crippen LogP contribution in [-0.2, 0) is 11.1 Å². The van der Waals surface area contributed by atoms with Gasteiger partial charge >= 0.3 is 0 Å². The van der Waals surface area contributed by atoms with Gasteiger partial charge in [0.1, 0.15) is 0 Å². The summed E-state index contributed by atoms with van der Waals surface area (Å²) in [7, 11) is 0. The van der Waals surface area contributed by atoms with Gasteiger partial charge in [-0.05, 0) is 52.5 Å². The van der Waals surface area contributed by atoms with Crippen LogP contribution in [0.3, 0.4) is 0 Å². The Hall–Kier alpha value is -1.69. The van der Waals surface area contributed by atoms with Gasteiger partial charge in [-0.2, -0.15) is 10.1 Å². The minimum Gasteiger partial charge on any atom is -0.332 e. The topological polar surface area (TPSA) is 82.8 Å². The van der Waals surface area contributed by atoms with Crippen LogP contribution in [0.4, 0.5) is 0 Å². The quantitative estimate of drug-likeness (QED) is 0.939. The van der Waals surface area contributed by atoms with E-state index in [1.807, 2.05) is 0 Å². The van der Waals surface area contributed by atoms with Crippen LogP contribution in [0, 0.1) is 0 Å². The van der Waals surface area contributed by atoms with E-state index in [-0.39, 0.29) is 5.54 Å². The minimum atomic E-state index is -0.423. The van der Waals surface area contributed by atoms with E-state index in [1.54, 1.807) is 0 Å². The molecule has 6 nitrogen and oxygen atoms in total. The zero-order chi connectivity index (χ0) is 16.2. The Kier molecular flexibility index (Phi) is 3.17. The van der Waals surface area contributed by atoms with Crippen LogP contribution in [0.25, 0.3) is 11.6 Å². The van der Waals surface area contributed by atoms with Crippen LogP contribution < -0.4 is 5.73 Å². The van der Waals surface area contributed by atoms with Crippen LogP contribution >= 0.6 is 0 Å². The second-order valence-corrected chi connectivity index (χ2v) is 8.10. The predicted molar refractivity (Wildman–Crippen MR) is 86.8 cm³/mol. The van der Waals surface area contributed by atoms with Crippen molar-refractivity contribution in [3.63, 3.8) is 0 Å². The Bertz CT molecular complexity index is 714. The normalized spacial score (nSPS) is 21.0. The van der Waals surface area contributed by atoms with Crippen LogP contribution in [0.1, 0.15) is 76.7 Å². The molecule has 2 aliphatic carbocycles. The van der Waals surface area contributed by atoms with Gasteiger partial charge in [0, 0.05) is 11.6 Å². The van der Waals surface area contributed by atoms with Crippen molar-refractivity contribution in [3.8, 4) is 11.6 Å². The van der Waals surface area contributed by atoms with Gasteiger partial charge < -0.3 is 10.3 Å². The van der Waals surface area contributed by atoms with Crippen molar-refractivity contribution in [2.24, 2.45) is 5.73 Å². The molecule has 0 spiro atoms. The summed E-state index contributed by atoms with van der Waals surface area (Å²) in [6.07, 6.45) is 6.59. The first-order valence-corrected chi connectivity index (χ1v) is 8.61. The molecule has 2 saturated carbocycles. The number of hydrogen-bond donors (Lipinski definition) is 1. The second kappa shape index (κ2) is 4.90. The molecular weight excluding hydrogens is 290 g/mol. The van der Waals surface area contributed by atoms with Gasteiger partial charge in [-0.3, -0.25) is 4.68 Å². The Morgan fingerprint density at radius 2 is 1.96 bits per heavy atom. The molecule has 2 fully saturated rings. The van der Waals surface area contributed by atoms with Crippen LogP contribution in [-0.4, -0.2) is 19.9 Å². The Morgan fingerprint density at radius 1 is 1.26 bits per heavy atom. The summed E-state index contributed by atoms with van der Waals surface area (Å²) in [5.74, 6) is 1.73. The van der Waals surface area contributed by atoms with E-state index in [4.69, 9.17) is 15.4 Å². The van der Waals surface area contributed by atoms with Crippen LogP contribution in [0.5, 0.6) is 0 Å². The lowest BCUT2D eigenvalue weighted by atomic mass is 9.99. The lowest BCUT2D eigenvalue weighted by Crippen LogP contribution is -2.34. The standard InChI is InChI=1S/C17H25N5O/c1-16(2,3)22-13(11-6-7-11)10-12(20-22)14-19-15(21-23-14)17(18)8-4-5-9-17/h10-11H,4-9,18H2,1-3H3. The van der Waals surface area contributed by atoms with E-state index >= 15 is 0 Å². The largest absolute Gasteiger partial charge is 0.332 e. The maximum atomic E-state index is 6.42. The van der Waals surface area contributed by atoms with Crippen LogP contribution in [0.15, 0.2) is 10.6 Å². The highest BCUT2D eigenvalue weighted by atomic mass is 16.5. The molecule has 2 N–H and O–H groups in total. The Morgan fingerprint density at radius 3 is 2.57 bits per heavy atom. The zero-order valence-electron chi connectivity index (χ0n) is 14.2. The fraction of sp³-hybridized carbons (Fsp3) is 0.706. The molecule has 0 aliphatic heterocycles. The highest BCUT2D eigenvalue weighted by molar-refractivity contribution is 5.48. The monoisotopic (exact) mass is 315 g/mol. The molecule has 0 saturated heterocycles. The first kappa shape index (κ1) is 14.9. The molecule has 124 valence electrons. The molecule has 2 aromatic rings. The molecule has 4 rings (SSSR count). The summed E-state index contributed by atoms with van der Waals surface area (Å²) in [6.45, 7) is 6.51. The average molecular weight is 315 g/mol. The summed E-state index contributed by atoms with van der Waals surface area (Å²) in [5, 5.41) is 8.90. The third kappa shape index (κ3) is 2.59. The van der Waals surface area contributed by atoms with Crippen molar-refractivity contribution in [2.75, 3.05) is 0 Å². The van der Waals surface area contributed by atoms with E-state index in [9.17, 15) is 0 Å². The predicted octanol–water partition coefficient (Wildman–Crippen LogP) is 3.29. The summed E-state index contributed by atoms with van der Waals surface area (Å²) >= 11 is 0. The van der Waals surface area contributed by atoms with E-state index in [0.29, 0.717) is 17.6 Å². The maximum absolute atomic E-state index is 6.42. The minimum absolute atomic E-state index is 0.0560. The number of nitrogens with two attached hydrogens (primary N) is 1. The van der Waals surface area contributed by atoms with Gasteiger partial charge in [0.15, 0.2) is 11.5 Å². The molecule has 2 aromatic heterocycles. The fourth-order valence-corrected chi connectivity index (χ4v) is 3.47. The maximum Gasteiger partial charge on any atom is 0.278 e. The summed E-state index contributed by atoms with van der Waals surface area (Å²) in [4.78, 5) is 4.57. The third-order valence-corrected chi connectivity index (χ3v) is 4.95. The Labute approximate surface area is 136 Å². The summed E-state index contributed by atoms with van der Waals surface area (Å²) in [6, 6.07) is 2.11. The van der Waals surface area contributed by atoms with Gasteiger partial charge in [0.2, 0.25) is 0 Å². The van der Waals surface area contributed by atoms with Gasteiger partial charge in [-0.25, -0.2) is 0 Å². The highest BCUT2D eigenvalue weighted by Crippen LogP contribution is 2.43. The molecule has 0 aromatic carbocycles. The molecule has 6 heteroatoms. The molecule has 0 unspecified atom stereocenters. The molecule has 23 heavy (non-hydrogen) atoms. The van der Waals surface area contributed by atoms with E-state index < -0.39 is 5.54 Å². The van der Waals surface area contributed by atoms with E-state index in [2.05, 4.69) is 41.7 Å². The van der Waals surface area contributed by atoms with Gasteiger partial charge in [-0.15, -0.1) is 0 Å². The van der Waals surface area contributed by atoms with Gasteiger partial charge in [0.25, 0.3) is 5.89 Å². The summed E-state index contributed by atoms with van der Waals surface area (Å²) in [5.41, 5.74) is 7.98. The van der Waals surface area contributed by atoms with E-state index in [0.717, 1.165) is 31.4 Å². The fourth-order valence-electron chi connectivity index (χ4n) is 3.47. The number of rotatable bonds is 3. The number of nitrogens with zero attached hydrogens (tertiary/aromatic N) is 4. The lowest BCUT2D eigenvalue weighted by Gasteiger charge is -2.22. The molecule has 0 radical (unpaired) electrons. The molecular formula is C17H25N5O. The van der Waals surface area contributed by atoms with Gasteiger partial charge in [-0.1, -0.05) is 18.0 Å². The van der Waals surface area contributed by atoms with Crippen molar-refractivity contribution in [1.82, 2.24) is 19.9 Å². The van der Waals surface area contributed by atoms with Gasteiger partial charge in [0.05, 0.1) is 11.1 Å². The number of aromatic nitrogens is 4. The highest BCUT2D eigenvalue weighted by Gasteiger charge is 2.37. The SMILES string of the molecule is CC(C)(C)n1nc(-c2nc(C3(N)CCCC3)no2)cc1C1CC1. The average Bonchev–Trinajstić information content (AvgIpc) is 2.94. The Balaban J connectivity index is 1.70. The zero-order valence-corrected chi connectivity index (χ0v) is 14.2. The molecule has 0 amide bonds. The van der Waals surface area contributed by atoms with Crippen molar-refractivity contribution >= 4 is 0 Å². The molecule has 0 atom stereocenters. The molecule has 2 heterocycles. The third-order valence-electron chi connectivity index (χ3n) is 4.95. The van der Waals surface area contributed by atoms with Crippen LogP contribution in [0.2, 0.25) is 0 Å².